The van der Waals surface area contributed by atoms with Crippen molar-refractivity contribution in [3.8, 4) is 5.69 Å². The smallest absolute Gasteiger partial charge is 0.339 e. The Balaban J connectivity index is 1.82. The van der Waals surface area contributed by atoms with E-state index in [-0.39, 0.29) is 11.5 Å². The number of carbonyl (C=O) groups excluding carboxylic acids is 1. The fourth-order valence-electron chi connectivity index (χ4n) is 2.32. The Labute approximate surface area is 142 Å². The van der Waals surface area contributed by atoms with Crippen LogP contribution in [0, 0.1) is 13.8 Å². The molecule has 0 radical (unpaired) electrons. The summed E-state index contributed by atoms with van der Waals surface area (Å²) < 4.78 is 1.54. The van der Waals surface area contributed by atoms with Crippen molar-refractivity contribution in [2.75, 3.05) is 5.32 Å². The molecule has 24 heavy (non-hydrogen) atoms. The zero-order chi connectivity index (χ0) is 17.3. The molecule has 0 saturated heterocycles. The van der Waals surface area contributed by atoms with E-state index in [0.717, 1.165) is 11.3 Å². The van der Waals surface area contributed by atoms with E-state index < -0.39 is 5.97 Å². The van der Waals surface area contributed by atoms with Gasteiger partial charge < -0.3 is 10.4 Å². The number of hydrogen-bond donors (Lipinski definition) is 2. The van der Waals surface area contributed by atoms with Crippen LogP contribution in [0.3, 0.4) is 0 Å². The van der Waals surface area contributed by atoms with Gasteiger partial charge in [0.2, 0.25) is 0 Å². The van der Waals surface area contributed by atoms with Crippen LogP contribution in [0.5, 0.6) is 0 Å². The largest absolute Gasteiger partial charge is 0.478 e. The molecule has 1 aromatic carbocycles. The van der Waals surface area contributed by atoms with Gasteiger partial charge in [0.1, 0.15) is 5.56 Å². The minimum absolute atomic E-state index is 0.157. The lowest BCUT2D eigenvalue weighted by molar-refractivity contribution is 0.0696. The second-order valence-electron chi connectivity index (χ2n) is 5.33. The van der Waals surface area contributed by atoms with Crippen molar-refractivity contribution >= 4 is 28.9 Å². The first-order chi connectivity index (χ1) is 11.5. The Morgan fingerprint density at radius 1 is 1.17 bits per heavy atom. The number of carboxylic acids is 1. The number of aryl methyl sites for hydroxylation is 1. The van der Waals surface area contributed by atoms with Gasteiger partial charge in [0, 0.05) is 10.9 Å². The maximum atomic E-state index is 12.3. The first-order valence-corrected chi connectivity index (χ1v) is 8.14. The minimum Gasteiger partial charge on any atom is -0.478 e. The number of benzene rings is 1. The Hall–Kier alpha value is -2.93. The number of carbonyl (C=O) groups is 2. The molecule has 0 aliphatic carbocycles. The lowest BCUT2D eigenvalue weighted by atomic mass is 10.2. The lowest BCUT2D eigenvalue weighted by Gasteiger charge is -2.07. The van der Waals surface area contributed by atoms with Crippen LogP contribution in [-0.2, 0) is 0 Å². The van der Waals surface area contributed by atoms with E-state index in [2.05, 4.69) is 10.4 Å². The average molecular weight is 341 g/mol. The SMILES string of the molecule is Cc1cscc1NC(=O)c1ccc(-n2ncc(C(=O)O)c2C)cc1. The molecular weight excluding hydrogens is 326 g/mol. The summed E-state index contributed by atoms with van der Waals surface area (Å²) in [5, 5.41) is 19.9. The molecule has 122 valence electrons. The second kappa shape index (κ2) is 6.29. The van der Waals surface area contributed by atoms with Crippen molar-refractivity contribution in [1.82, 2.24) is 9.78 Å². The van der Waals surface area contributed by atoms with Crippen LogP contribution in [0.1, 0.15) is 32.0 Å². The van der Waals surface area contributed by atoms with Gasteiger partial charge in [0.25, 0.3) is 5.91 Å². The number of thiophene rings is 1. The summed E-state index contributed by atoms with van der Waals surface area (Å²) in [4.78, 5) is 23.3. The van der Waals surface area contributed by atoms with Crippen molar-refractivity contribution in [1.29, 1.82) is 0 Å². The molecule has 0 saturated carbocycles. The Bertz CT molecular complexity index is 910. The van der Waals surface area contributed by atoms with Crippen LogP contribution < -0.4 is 5.32 Å². The molecule has 2 aromatic heterocycles. The van der Waals surface area contributed by atoms with Crippen LogP contribution in [0.15, 0.2) is 41.2 Å². The highest BCUT2D eigenvalue weighted by atomic mass is 32.1. The highest BCUT2D eigenvalue weighted by Gasteiger charge is 2.14. The molecule has 0 aliphatic heterocycles. The number of anilines is 1. The Morgan fingerprint density at radius 2 is 1.88 bits per heavy atom. The van der Waals surface area contributed by atoms with E-state index in [0.29, 0.717) is 16.9 Å². The van der Waals surface area contributed by atoms with E-state index in [1.54, 1.807) is 31.2 Å². The number of nitrogens with zero attached hydrogens (tertiary/aromatic N) is 2. The Morgan fingerprint density at radius 3 is 2.42 bits per heavy atom. The average Bonchev–Trinajstić information content (AvgIpc) is 3.14. The fourth-order valence-corrected chi connectivity index (χ4v) is 3.10. The van der Waals surface area contributed by atoms with Gasteiger partial charge in [0.05, 0.1) is 23.3 Å². The Kier molecular flexibility index (Phi) is 4.18. The molecule has 0 atom stereocenters. The predicted molar refractivity (Wildman–Crippen MR) is 92.3 cm³/mol. The molecule has 6 nitrogen and oxygen atoms in total. The number of aromatic nitrogens is 2. The van der Waals surface area contributed by atoms with Crippen LogP contribution in [0.4, 0.5) is 5.69 Å². The topological polar surface area (TPSA) is 84.2 Å². The second-order valence-corrected chi connectivity index (χ2v) is 6.07. The normalized spacial score (nSPS) is 10.6. The monoisotopic (exact) mass is 341 g/mol. The number of hydrogen-bond acceptors (Lipinski definition) is 4. The molecule has 0 unspecified atom stereocenters. The standard InChI is InChI=1S/C17H15N3O3S/c1-10-8-24-9-15(10)19-16(21)12-3-5-13(6-4-12)20-11(2)14(7-18-20)17(22)23/h3-9H,1-2H3,(H,19,21)(H,22,23). The van der Waals surface area contributed by atoms with E-state index in [9.17, 15) is 9.59 Å². The third-order valence-corrected chi connectivity index (χ3v) is 4.58. The van der Waals surface area contributed by atoms with Gasteiger partial charge in [-0.05, 0) is 49.1 Å². The first kappa shape index (κ1) is 15.9. The van der Waals surface area contributed by atoms with Crippen LogP contribution >= 0.6 is 11.3 Å². The first-order valence-electron chi connectivity index (χ1n) is 7.20. The maximum Gasteiger partial charge on any atom is 0.339 e. The highest BCUT2D eigenvalue weighted by molar-refractivity contribution is 7.08. The predicted octanol–water partition coefficient (Wildman–Crippen LogP) is 3.50. The summed E-state index contributed by atoms with van der Waals surface area (Å²) in [5.41, 5.74) is 3.75. The van der Waals surface area contributed by atoms with Gasteiger partial charge in [-0.15, -0.1) is 11.3 Å². The van der Waals surface area contributed by atoms with Crippen molar-refractivity contribution in [3.05, 3.63) is 63.6 Å². The van der Waals surface area contributed by atoms with Crippen molar-refractivity contribution in [3.63, 3.8) is 0 Å². The number of aromatic carboxylic acids is 1. The van der Waals surface area contributed by atoms with Crippen LogP contribution in [0.25, 0.3) is 5.69 Å². The maximum absolute atomic E-state index is 12.3. The summed E-state index contributed by atoms with van der Waals surface area (Å²) in [7, 11) is 0. The molecule has 3 rings (SSSR count). The summed E-state index contributed by atoms with van der Waals surface area (Å²) >= 11 is 1.54. The van der Waals surface area contributed by atoms with Gasteiger partial charge in [-0.1, -0.05) is 0 Å². The molecule has 7 heteroatoms. The van der Waals surface area contributed by atoms with Gasteiger partial charge >= 0.3 is 5.97 Å². The van der Waals surface area contributed by atoms with E-state index in [1.165, 1.54) is 22.2 Å². The zero-order valence-electron chi connectivity index (χ0n) is 13.1. The minimum atomic E-state index is -1.01. The molecule has 0 fully saturated rings. The number of amides is 1. The molecular formula is C17H15N3O3S. The third-order valence-electron chi connectivity index (χ3n) is 3.72. The van der Waals surface area contributed by atoms with Gasteiger partial charge in [-0.25, -0.2) is 9.48 Å². The number of rotatable bonds is 4. The summed E-state index contributed by atoms with van der Waals surface area (Å²) in [6, 6.07) is 6.85. The number of nitrogens with one attached hydrogen (secondary N) is 1. The van der Waals surface area contributed by atoms with E-state index in [4.69, 9.17) is 5.11 Å². The van der Waals surface area contributed by atoms with Crippen molar-refractivity contribution < 1.29 is 14.7 Å². The van der Waals surface area contributed by atoms with Gasteiger partial charge in [0.15, 0.2) is 0 Å². The lowest BCUT2D eigenvalue weighted by Crippen LogP contribution is -2.12. The molecule has 3 aromatic rings. The van der Waals surface area contributed by atoms with Crippen LogP contribution in [-0.4, -0.2) is 26.8 Å². The quantitative estimate of drug-likeness (QED) is 0.761. The molecule has 0 spiro atoms. The molecule has 1 amide bonds. The van der Waals surface area contributed by atoms with Crippen molar-refractivity contribution in [2.45, 2.75) is 13.8 Å². The molecule has 2 heterocycles. The van der Waals surface area contributed by atoms with E-state index in [1.807, 2.05) is 17.7 Å². The van der Waals surface area contributed by atoms with Gasteiger partial charge in [-0.3, -0.25) is 4.79 Å². The molecule has 0 aliphatic rings. The number of carboxylic acid groups (broad SMARTS) is 1. The summed E-state index contributed by atoms with van der Waals surface area (Å²) in [6.45, 7) is 3.63. The summed E-state index contributed by atoms with van der Waals surface area (Å²) in [5.74, 6) is -1.20. The van der Waals surface area contributed by atoms with Crippen molar-refractivity contribution in [2.24, 2.45) is 0 Å². The summed E-state index contributed by atoms with van der Waals surface area (Å²) in [6.07, 6.45) is 1.32. The fraction of sp³-hybridized carbons (Fsp3) is 0.118. The van der Waals surface area contributed by atoms with Gasteiger partial charge in [-0.2, -0.15) is 5.10 Å². The van der Waals surface area contributed by atoms with Crippen LogP contribution in [0.2, 0.25) is 0 Å². The molecule has 0 bridgehead atoms. The zero-order valence-corrected chi connectivity index (χ0v) is 13.9. The highest BCUT2D eigenvalue weighted by Crippen LogP contribution is 2.21. The molecule has 2 N–H and O–H groups in total. The van der Waals surface area contributed by atoms with E-state index >= 15 is 0 Å². The third kappa shape index (κ3) is 2.93.